The number of rotatable bonds is 5. The van der Waals surface area contributed by atoms with Crippen LogP contribution in [0.2, 0.25) is 0 Å². The molecule has 1 N–H and O–H groups in total. The van der Waals surface area contributed by atoms with Crippen LogP contribution in [0.3, 0.4) is 0 Å². The van der Waals surface area contributed by atoms with Crippen molar-refractivity contribution in [2.45, 2.75) is 45.8 Å². The van der Waals surface area contributed by atoms with Crippen LogP contribution in [0.1, 0.15) is 34.1 Å². The normalized spacial score (nSPS) is 32.2. The minimum Gasteiger partial charge on any atom is -0.384 e. The van der Waals surface area contributed by atoms with E-state index in [0.717, 1.165) is 13.0 Å². The highest BCUT2D eigenvalue weighted by Crippen LogP contribution is 2.24. The second-order valence-electron chi connectivity index (χ2n) is 5.02. The lowest BCUT2D eigenvalue weighted by molar-refractivity contribution is -0.133. The Labute approximate surface area is 98.3 Å². The van der Waals surface area contributed by atoms with Gasteiger partial charge in [-0.15, -0.1) is 0 Å². The maximum absolute atomic E-state index is 12.2. The number of carbonyl (C=O) groups excluding carboxylic acids is 1. The van der Waals surface area contributed by atoms with Crippen molar-refractivity contribution >= 4 is 5.91 Å². The van der Waals surface area contributed by atoms with Crippen molar-refractivity contribution in [1.29, 1.82) is 0 Å². The van der Waals surface area contributed by atoms with E-state index in [-0.39, 0.29) is 17.6 Å². The number of hydrogen-bond acceptors (Lipinski definition) is 3. The summed E-state index contributed by atoms with van der Waals surface area (Å²) in [5.41, 5.74) is -0.383. The summed E-state index contributed by atoms with van der Waals surface area (Å²) in [6.07, 6.45) is 0.947. The zero-order chi connectivity index (χ0) is 12.3. The molecule has 1 aliphatic rings. The SMILES string of the molecule is CCC1(C)NC(C)N(CC(C)COC)C1=O. The number of amides is 1. The predicted molar refractivity (Wildman–Crippen MR) is 64.0 cm³/mol. The third-order valence-electron chi connectivity index (χ3n) is 3.39. The summed E-state index contributed by atoms with van der Waals surface area (Å²) < 4.78 is 5.10. The molecular weight excluding hydrogens is 204 g/mol. The second kappa shape index (κ2) is 5.15. The van der Waals surface area contributed by atoms with Gasteiger partial charge in [0.15, 0.2) is 0 Å². The maximum atomic E-state index is 12.2. The quantitative estimate of drug-likeness (QED) is 0.769. The molecular formula is C12H24N2O2. The Bertz CT molecular complexity index is 257. The van der Waals surface area contributed by atoms with Crippen LogP contribution in [-0.4, -0.2) is 42.8 Å². The monoisotopic (exact) mass is 228 g/mol. The van der Waals surface area contributed by atoms with Gasteiger partial charge in [0.05, 0.1) is 18.3 Å². The molecule has 0 spiro atoms. The lowest BCUT2D eigenvalue weighted by atomic mass is 9.99. The van der Waals surface area contributed by atoms with Gasteiger partial charge in [-0.2, -0.15) is 0 Å². The number of nitrogens with one attached hydrogen (secondary N) is 1. The van der Waals surface area contributed by atoms with Gasteiger partial charge >= 0.3 is 0 Å². The maximum Gasteiger partial charge on any atom is 0.243 e. The van der Waals surface area contributed by atoms with E-state index in [2.05, 4.69) is 12.2 Å². The molecule has 0 saturated carbocycles. The highest BCUT2D eigenvalue weighted by Gasteiger charge is 2.44. The lowest BCUT2D eigenvalue weighted by Crippen LogP contribution is -2.43. The topological polar surface area (TPSA) is 41.6 Å². The molecule has 1 heterocycles. The summed E-state index contributed by atoms with van der Waals surface area (Å²) in [5.74, 6) is 0.586. The van der Waals surface area contributed by atoms with E-state index in [9.17, 15) is 4.79 Å². The lowest BCUT2D eigenvalue weighted by Gasteiger charge is -2.24. The Balaban J connectivity index is 2.64. The fraction of sp³-hybridized carbons (Fsp3) is 0.917. The fourth-order valence-electron chi connectivity index (χ4n) is 2.26. The number of nitrogens with zero attached hydrogens (tertiary/aromatic N) is 1. The third-order valence-corrected chi connectivity index (χ3v) is 3.39. The van der Waals surface area contributed by atoms with Crippen LogP contribution in [0.4, 0.5) is 0 Å². The molecule has 3 unspecified atom stereocenters. The van der Waals surface area contributed by atoms with Crippen LogP contribution in [-0.2, 0) is 9.53 Å². The van der Waals surface area contributed by atoms with E-state index < -0.39 is 0 Å². The van der Waals surface area contributed by atoms with Gasteiger partial charge in [-0.05, 0) is 26.2 Å². The first-order valence-corrected chi connectivity index (χ1v) is 6.02. The molecule has 4 nitrogen and oxygen atoms in total. The predicted octanol–water partition coefficient (Wildman–Crippen LogP) is 1.22. The van der Waals surface area contributed by atoms with Gasteiger partial charge in [0, 0.05) is 13.7 Å². The van der Waals surface area contributed by atoms with Gasteiger partial charge in [-0.3, -0.25) is 10.1 Å². The van der Waals surface area contributed by atoms with E-state index in [1.54, 1.807) is 7.11 Å². The van der Waals surface area contributed by atoms with E-state index in [1.807, 2.05) is 25.7 Å². The molecule has 1 aliphatic heterocycles. The molecule has 1 fully saturated rings. The fourth-order valence-corrected chi connectivity index (χ4v) is 2.26. The van der Waals surface area contributed by atoms with Crippen molar-refractivity contribution in [2.24, 2.45) is 5.92 Å². The molecule has 94 valence electrons. The van der Waals surface area contributed by atoms with Crippen LogP contribution in [0, 0.1) is 5.92 Å². The molecule has 0 aliphatic carbocycles. The summed E-state index contributed by atoms with van der Waals surface area (Å²) in [4.78, 5) is 14.2. The molecule has 1 rings (SSSR count). The van der Waals surface area contributed by atoms with Crippen LogP contribution in [0.25, 0.3) is 0 Å². The van der Waals surface area contributed by atoms with Crippen LogP contribution >= 0.6 is 0 Å². The number of ether oxygens (including phenoxy) is 1. The Morgan fingerprint density at radius 1 is 1.62 bits per heavy atom. The molecule has 4 heteroatoms. The molecule has 0 aromatic rings. The third kappa shape index (κ3) is 2.55. The van der Waals surface area contributed by atoms with Crippen LogP contribution < -0.4 is 5.32 Å². The summed E-state index contributed by atoms with van der Waals surface area (Å²) in [6.45, 7) is 9.62. The van der Waals surface area contributed by atoms with E-state index in [1.165, 1.54) is 0 Å². The van der Waals surface area contributed by atoms with Crippen LogP contribution in [0.15, 0.2) is 0 Å². The van der Waals surface area contributed by atoms with E-state index in [0.29, 0.717) is 12.5 Å². The average Bonchev–Trinajstić information content (AvgIpc) is 2.43. The second-order valence-corrected chi connectivity index (χ2v) is 5.02. The molecule has 3 atom stereocenters. The van der Waals surface area contributed by atoms with Gasteiger partial charge in [0.1, 0.15) is 0 Å². The zero-order valence-electron chi connectivity index (χ0n) is 11.0. The average molecular weight is 228 g/mol. The first kappa shape index (κ1) is 13.5. The van der Waals surface area contributed by atoms with Gasteiger partial charge < -0.3 is 9.64 Å². The molecule has 1 amide bonds. The first-order valence-electron chi connectivity index (χ1n) is 6.02. The Hall–Kier alpha value is -0.610. The highest BCUT2D eigenvalue weighted by molar-refractivity contribution is 5.88. The van der Waals surface area contributed by atoms with E-state index in [4.69, 9.17) is 4.74 Å². The standard InChI is InChI=1S/C12H24N2O2/c1-6-12(4)11(15)14(10(3)13-12)7-9(2)8-16-5/h9-10,13H,6-8H2,1-5H3. The van der Waals surface area contributed by atoms with Gasteiger partial charge in [-0.25, -0.2) is 0 Å². The van der Waals surface area contributed by atoms with Crippen molar-refractivity contribution < 1.29 is 9.53 Å². The van der Waals surface area contributed by atoms with Crippen molar-refractivity contribution in [3.8, 4) is 0 Å². The van der Waals surface area contributed by atoms with Crippen molar-refractivity contribution in [3.63, 3.8) is 0 Å². The zero-order valence-corrected chi connectivity index (χ0v) is 11.0. The minimum absolute atomic E-state index is 0.122. The molecule has 1 saturated heterocycles. The molecule has 0 bridgehead atoms. The Kier molecular flexibility index (Phi) is 4.33. The van der Waals surface area contributed by atoms with Gasteiger partial charge in [0.25, 0.3) is 0 Å². The van der Waals surface area contributed by atoms with Gasteiger partial charge in [0.2, 0.25) is 5.91 Å². The van der Waals surface area contributed by atoms with Crippen molar-refractivity contribution in [1.82, 2.24) is 10.2 Å². The minimum atomic E-state index is -0.383. The van der Waals surface area contributed by atoms with E-state index >= 15 is 0 Å². The number of methoxy groups -OCH3 is 1. The summed E-state index contributed by atoms with van der Waals surface area (Å²) in [6, 6.07) is 0. The summed E-state index contributed by atoms with van der Waals surface area (Å²) >= 11 is 0. The summed E-state index contributed by atoms with van der Waals surface area (Å²) in [7, 11) is 1.69. The molecule has 16 heavy (non-hydrogen) atoms. The number of hydrogen-bond donors (Lipinski definition) is 1. The summed E-state index contributed by atoms with van der Waals surface area (Å²) in [5, 5.41) is 3.36. The van der Waals surface area contributed by atoms with Gasteiger partial charge in [-0.1, -0.05) is 13.8 Å². The highest BCUT2D eigenvalue weighted by atomic mass is 16.5. The molecule has 0 aromatic heterocycles. The van der Waals surface area contributed by atoms with Crippen molar-refractivity contribution in [3.05, 3.63) is 0 Å². The van der Waals surface area contributed by atoms with Crippen LogP contribution in [0.5, 0.6) is 0 Å². The first-order chi connectivity index (χ1) is 7.44. The Morgan fingerprint density at radius 3 is 2.69 bits per heavy atom. The molecule has 0 aromatic carbocycles. The number of carbonyl (C=O) groups is 1. The smallest absolute Gasteiger partial charge is 0.243 e. The Morgan fingerprint density at radius 2 is 2.25 bits per heavy atom. The van der Waals surface area contributed by atoms with Crippen molar-refractivity contribution in [2.75, 3.05) is 20.3 Å². The largest absolute Gasteiger partial charge is 0.384 e. The molecule has 0 radical (unpaired) electrons.